The average Bonchev–Trinajstić information content (AvgIpc) is 3.07. The molecule has 1 aliphatic rings. The molecule has 11 heteroatoms. The van der Waals surface area contributed by atoms with Crippen LogP contribution in [0.3, 0.4) is 0 Å². The van der Waals surface area contributed by atoms with Crippen LogP contribution in [-0.4, -0.2) is 58.1 Å². The van der Waals surface area contributed by atoms with Gasteiger partial charge in [0.1, 0.15) is 0 Å². The van der Waals surface area contributed by atoms with Gasteiger partial charge in [-0.2, -0.15) is 4.80 Å². The Labute approximate surface area is 166 Å². The minimum atomic E-state index is -0.315. The van der Waals surface area contributed by atoms with E-state index in [-0.39, 0.29) is 24.7 Å². The van der Waals surface area contributed by atoms with Crippen molar-refractivity contribution < 1.29 is 9.53 Å². The molecule has 3 rings (SSSR count). The lowest BCUT2D eigenvalue weighted by atomic mass is 10.00. The topological polar surface area (TPSA) is 106 Å². The van der Waals surface area contributed by atoms with E-state index in [1.54, 1.807) is 13.1 Å². The highest BCUT2D eigenvalue weighted by molar-refractivity contribution is 6.42. The number of urea groups is 1. The zero-order chi connectivity index (χ0) is 19.2. The van der Waals surface area contributed by atoms with Crippen LogP contribution in [0.2, 0.25) is 10.0 Å². The van der Waals surface area contributed by atoms with Crippen molar-refractivity contribution in [3.63, 3.8) is 0 Å². The fourth-order valence-corrected chi connectivity index (χ4v) is 3.16. The summed E-state index contributed by atoms with van der Waals surface area (Å²) in [5.41, 5.74) is 1.05. The number of hydrogen-bond donors (Lipinski definition) is 3. The van der Waals surface area contributed by atoms with Gasteiger partial charge in [0.15, 0.2) is 5.82 Å². The van der Waals surface area contributed by atoms with Crippen molar-refractivity contribution in [3.8, 4) is 0 Å². The minimum Gasteiger partial charge on any atom is -0.373 e. The molecule has 27 heavy (non-hydrogen) atoms. The van der Waals surface area contributed by atoms with Gasteiger partial charge in [-0.15, -0.1) is 10.2 Å². The molecule has 2 amide bonds. The van der Waals surface area contributed by atoms with Crippen molar-refractivity contribution in [1.29, 1.82) is 0 Å². The van der Waals surface area contributed by atoms with Gasteiger partial charge in [0, 0.05) is 19.1 Å². The molecule has 2 heterocycles. The van der Waals surface area contributed by atoms with Gasteiger partial charge < -0.3 is 20.7 Å². The van der Waals surface area contributed by atoms with E-state index in [1.165, 1.54) is 4.80 Å². The Kier molecular flexibility index (Phi) is 6.84. The van der Waals surface area contributed by atoms with E-state index in [4.69, 9.17) is 27.9 Å². The van der Waals surface area contributed by atoms with Crippen LogP contribution >= 0.6 is 23.2 Å². The molecule has 9 nitrogen and oxygen atoms in total. The van der Waals surface area contributed by atoms with Gasteiger partial charge >= 0.3 is 6.03 Å². The third kappa shape index (κ3) is 5.77. The lowest BCUT2D eigenvalue weighted by Gasteiger charge is -2.33. The van der Waals surface area contributed by atoms with Crippen molar-refractivity contribution in [2.24, 2.45) is 7.05 Å². The molecule has 3 N–H and O–H groups in total. The van der Waals surface area contributed by atoms with Crippen molar-refractivity contribution in [2.75, 3.05) is 19.7 Å². The van der Waals surface area contributed by atoms with E-state index in [0.29, 0.717) is 35.4 Å². The molecule has 0 spiro atoms. The van der Waals surface area contributed by atoms with Gasteiger partial charge in [0.2, 0.25) is 0 Å². The summed E-state index contributed by atoms with van der Waals surface area (Å²) in [6, 6.07) is 5.31. The number of tetrazole rings is 1. The summed E-state index contributed by atoms with van der Waals surface area (Å²) in [7, 11) is 1.66. The molecule has 1 saturated heterocycles. The average molecular weight is 414 g/mol. The molecule has 0 bridgehead atoms. The molecule has 1 aliphatic heterocycles. The van der Waals surface area contributed by atoms with Crippen molar-refractivity contribution in [2.45, 2.75) is 25.1 Å². The second-order valence-electron chi connectivity index (χ2n) is 6.18. The third-order valence-electron chi connectivity index (χ3n) is 4.15. The molecule has 146 valence electrons. The Hall–Kier alpha value is -1.94. The molecule has 2 aromatic rings. The summed E-state index contributed by atoms with van der Waals surface area (Å²) in [5.74, 6) is 0.445. The van der Waals surface area contributed by atoms with Gasteiger partial charge in [-0.05, 0) is 29.3 Å². The second-order valence-corrected chi connectivity index (χ2v) is 7.00. The Morgan fingerprint density at radius 1 is 1.37 bits per heavy atom. The molecule has 0 saturated carbocycles. The van der Waals surface area contributed by atoms with E-state index in [0.717, 1.165) is 12.1 Å². The van der Waals surface area contributed by atoms with Crippen molar-refractivity contribution in [3.05, 3.63) is 39.6 Å². The molecule has 0 radical (unpaired) electrons. The summed E-state index contributed by atoms with van der Waals surface area (Å²) < 4.78 is 5.83. The zero-order valence-corrected chi connectivity index (χ0v) is 16.3. The molecule has 1 aromatic heterocycles. The standard InChI is InChI=1S/C16H21Cl2N7O2/c1-25-23-15(22-24-25)9-21-16(26)20-8-14-13(19-4-5-27-14)7-10-2-3-11(17)12(18)6-10/h2-3,6,13-14,19H,4-5,7-9H2,1H3,(H2,20,21,26). The normalized spacial score (nSPS) is 19.7. The van der Waals surface area contributed by atoms with Crippen LogP contribution in [0.4, 0.5) is 4.79 Å². The first kappa shape index (κ1) is 19.8. The molecular weight excluding hydrogens is 393 g/mol. The van der Waals surface area contributed by atoms with Crippen LogP contribution in [-0.2, 0) is 24.8 Å². The number of amides is 2. The van der Waals surface area contributed by atoms with Gasteiger partial charge in [0.25, 0.3) is 0 Å². The largest absolute Gasteiger partial charge is 0.373 e. The quantitative estimate of drug-likeness (QED) is 0.649. The maximum atomic E-state index is 12.0. The SMILES string of the molecule is Cn1nnc(CNC(=O)NCC2OCCNC2Cc2ccc(Cl)c(Cl)c2)n1. The van der Waals surface area contributed by atoms with Crippen LogP contribution in [0.5, 0.6) is 0 Å². The number of rotatable bonds is 6. The molecular formula is C16H21Cl2N7O2. The van der Waals surface area contributed by atoms with Crippen LogP contribution in [0, 0.1) is 0 Å². The predicted octanol–water partition coefficient (Wildman–Crippen LogP) is 0.916. The van der Waals surface area contributed by atoms with Crippen LogP contribution in [0.1, 0.15) is 11.4 Å². The molecule has 1 aromatic carbocycles. The Morgan fingerprint density at radius 2 is 2.22 bits per heavy atom. The highest BCUT2D eigenvalue weighted by atomic mass is 35.5. The number of morpholine rings is 1. The van der Waals surface area contributed by atoms with Crippen molar-refractivity contribution in [1.82, 2.24) is 36.2 Å². The van der Waals surface area contributed by atoms with Crippen LogP contribution in [0.15, 0.2) is 18.2 Å². The first-order valence-electron chi connectivity index (χ1n) is 8.55. The highest BCUT2D eigenvalue weighted by Crippen LogP contribution is 2.24. The predicted molar refractivity (Wildman–Crippen MR) is 101 cm³/mol. The Balaban J connectivity index is 1.49. The van der Waals surface area contributed by atoms with Gasteiger partial charge in [-0.1, -0.05) is 29.3 Å². The third-order valence-corrected chi connectivity index (χ3v) is 4.89. The van der Waals surface area contributed by atoms with E-state index < -0.39 is 0 Å². The number of nitrogens with one attached hydrogen (secondary N) is 3. The summed E-state index contributed by atoms with van der Waals surface area (Å²) >= 11 is 12.1. The lowest BCUT2D eigenvalue weighted by Crippen LogP contribution is -2.54. The van der Waals surface area contributed by atoms with E-state index in [2.05, 4.69) is 31.4 Å². The zero-order valence-electron chi connectivity index (χ0n) is 14.8. The smallest absolute Gasteiger partial charge is 0.315 e. The number of carbonyl (C=O) groups is 1. The summed E-state index contributed by atoms with van der Waals surface area (Å²) in [4.78, 5) is 13.3. The first-order valence-corrected chi connectivity index (χ1v) is 9.30. The Morgan fingerprint density at radius 3 is 2.96 bits per heavy atom. The van der Waals surface area contributed by atoms with E-state index in [9.17, 15) is 4.79 Å². The van der Waals surface area contributed by atoms with Crippen LogP contribution < -0.4 is 16.0 Å². The molecule has 0 aliphatic carbocycles. The number of hydrogen-bond acceptors (Lipinski definition) is 6. The fraction of sp³-hybridized carbons (Fsp3) is 0.500. The Bertz CT molecular complexity index is 786. The number of aromatic nitrogens is 4. The summed E-state index contributed by atoms with van der Waals surface area (Å²) in [6.45, 7) is 1.93. The summed E-state index contributed by atoms with van der Waals surface area (Å²) in [5, 5.41) is 21.5. The molecule has 2 unspecified atom stereocenters. The number of nitrogens with zero attached hydrogens (tertiary/aromatic N) is 4. The van der Waals surface area contributed by atoms with E-state index in [1.807, 2.05) is 12.1 Å². The van der Waals surface area contributed by atoms with Crippen molar-refractivity contribution >= 4 is 29.2 Å². The minimum absolute atomic E-state index is 0.0537. The van der Waals surface area contributed by atoms with Gasteiger partial charge in [-0.25, -0.2) is 4.79 Å². The number of halogens is 2. The summed E-state index contributed by atoms with van der Waals surface area (Å²) in [6.07, 6.45) is 0.558. The molecule has 1 fully saturated rings. The second kappa shape index (κ2) is 9.32. The number of aryl methyl sites for hydroxylation is 1. The number of ether oxygens (including phenoxy) is 1. The maximum absolute atomic E-state index is 12.0. The highest BCUT2D eigenvalue weighted by Gasteiger charge is 2.26. The van der Waals surface area contributed by atoms with Crippen LogP contribution in [0.25, 0.3) is 0 Å². The van der Waals surface area contributed by atoms with Gasteiger partial charge in [-0.3, -0.25) is 0 Å². The van der Waals surface area contributed by atoms with Gasteiger partial charge in [0.05, 0.1) is 36.3 Å². The van der Waals surface area contributed by atoms with E-state index >= 15 is 0 Å². The lowest BCUT2D eigenvalue weighted by molar-refractivity contribution is -0.00114. The maximum Gasteiger partial charge on any atom is 0.315 e. The first-order chi connectivity index (χ1) is 13.0. The fourth-order valence-electron chi connectivity index (χ4n) is 2.84. The monoisotopic (exact) mass is 413 g/mol. The number of carbonyl (C=O) groups excluding carboxylic acids is 1. The molecule has 2 atom stereocenters. The number of benzene rings is 1.